The highest BCUT2D eigenvalue weighted by Crippen LogP contribution is 2.37. The predicted molar refractivity (Wildman–Crippen MR) is 81.2 cm³/mol. The summed E-state index contributed by atoms with van der Waals surface area (Å²) in [7, 11) is 0. The number of carbonyl (C=O) groups excluding carboxylic acids is 1. The molecular formula is C16H17N3O. The molecule has 4 rings (SSSR count). The second-order valence-electron chi connectivity index (χ2n) is 5.48. The molecule has 0 radical (unpaired) electrons. The molecule has 20 heavy (non-hydrogen) atoms. The van der Waals surface area contributed by atoms with Gasteiger partial charge in [-0.05, 0) is 11.5 Å². The van der Waals surface area contributed by atoms with E-state index >= 15 is 0 Å². The third kappa shape index (κ3) is 1.76. The lowest BCUT2D eigenvalue weighted by Gasteiger charge is -2.36. The van der Waals surface area contributed by atoms with Crippen LogP contribution in [0.25, 0.3) is 10.8 Å². The molecule has 0 saturated carbocycles. The molecule has 102 valence electrons. The minimum Gasteiger partial charge on any atom is -0.364 e. The number of anilines is 2. The number of hydrogen-bond donors (Lipinski definition) is 2. The highest BCUT2D eigenvalue weighted by atomic mass is 16.1. The molecule has 4 nitrogen and oxygen atoms in total. The van der Waals surface area contributed by atoms with E-state index in [-0.39, 0.29) is 11.9 Å². The molecular weight excluding hydrogens is 250 g/mol. The lowest BCUT2D eigenvalue weighted by atomic mass is 10.1. The van der Waals surface area contributed by atoms with Crippen molar-refractivity contribution in [1.29, 1.82) is 0 Å². The molecule has 1 amide bonds. The summed E-state index contributed by atoms with van der Waals surface area (Å²) in [5, 5.41) is 8.78. The van der Waals surface area contributed by atoms with E-state index in [4.69, 9.17) is 0 Å². The van der Waals surface area contributed by atoms with E-state index in [0.717, 1.165) is 36.4 Å². The van der Waals surface area contributed by atoms with Gasteiger partial charge < -0.3 is 15.5 Å². The number of amides is 1. The molecule has 0 aliphatic carbocycles. The van der Waals surface area contributed by atoms with Crippen molar-refractivity contribution in [1.82, 2.24) is 5.32 Å². The maximum Gasteiger partial charge on any atom is 0.226 e. The Kier molecular flexibility index (Phi) is 2.63. The zero-order valence-electron chi connectivity index (χ0n) is 11.2. The van der Waals surface area contributed by atoms with Crippen LogP contribution in [0.2, 0.25) is 0 Å². The minimum atomic E-state index is 0.110. The first kappa shape index (κ1) is 11.7. The summed E-state index contributed by atoms with van der Waals surface area (Å²) in [5.41, 5.74) is 2.12. The minimum absolute atomic E-state index is 0.110. The van der Waals surface area contributed by atoms with E-state index in [1.54, 1.807) is 0 Å². The molecule has 2 aromatic carbocycles. The van der Waals surface area contributed by atoms with Crippen molar-refractivity contribution in [2.24, 2.45) is 0 Å². The van der Waals surface area contributed by atoms with Crippen molar-refractivity contribution in [3.8, 4) is 0 Å². The van der Waals surface area contributed by atoms with Crippen LogP contribution in [0, 0.1) is 0 Å². The average molecular weight is 267 g/mol. The number of hydrogen-bond acceptors (Lipinski definition) is 3. The van der Waals surface area contributed by atoms with Crippen molar-refractivity contribution < 1.29 is 4.79 Å². The maximum atomic E-state index is 12.2. The summed E-state index contributed by atoms with van der Waals surface area (Å²) in [6.07, 6.45) is 0.552. The van der Waals surface area contributed by atoms with Gasteiger partial charge in [-0.3, -0.25) is 4.79 Å². The summed E-state index contributed by atoms with van der Waals surface area (Å²) in [5.74, 6) is 0.110. The van der Waals surface area contributed by atoms with Gasteiger partial charge in [-0.1, -0.05) is 30.3 Å². The largest absolute Gasteiger partial charge is 0.364 e. The van der Waals surface area contributed by atoms with Crippen LogP contribution in [-0.4, -0.2) is 31.6 Å². The number of nitrogens with one attached hydrogen (secondary N) is 2. The molecule has 2 heterocycles. The quantitative estimate of drug-likeness (QED) is 0.767. The fourth-order valence-corrected chi connectivity index (χ4v) is 3.30. The lowest BCUT2D eigenvalue weighted by molar-refractivity contribution is -0.116. The molecule has 1 unspecified atom stereocenters. The van der Waals surface area contributed by atoms with Crippen molar-refractivity contribution in [2.45, 2.75) is 12.5 Å². The van der Waals surface area contributed by atoms with Gasteiger partial charge in [0.25, 0.3) is 0 Å². The molecule has 2 aromatic rings. The number of nitrogens with zero attached hydrogens (tertiary/aromatic N) is 1. The van der Waals surface area contributed by atoms with Crippen molar-refractivity contribution in [3.05, 3.63) is 36.4 Å². The van der Waals surface area contributed by atoms with Gasteiger partial charge in [-0.15, -0.1) is 0 Å². The molecule has 0 aromatic heterocycles. The monoisotopic (exact) mass is 267 g/mol. The zero-order valence-corrected chi connectivity index (χ0v) is 11.2. The van der Waals surface area contributed by atoms with Crippen LogP contribution in [-0.2, 0) is 4.79 Å². The molecule has 2 aliphatic heterocycles. The van der Waals surface area contributed by atoms with E-state index < -0.39 is 0 Å². The average Bonchev–Trinajstić information content (AvgIpc) is 2.62. The van der Waals surface area contributed by atoms with Gasteiger partial charge in [0, 0.05) is 31.4 Å². The van der Waals surface area contributed by atoms with Gasteiger partial charge in [0.1, 0.15) is 0 Å². The van der Waals surface area contributed by atoms with E-state index in [1.807, 2.05) is 12.1 Å². The Morgan fingerprint density at radius 3 is 3.00 bits per heavy atom. The fraction of sp³-hybridized carbons (Fsp3) is 0.312. The van der Waals surface area contributed by atoms with Gasteiger partial charge in [0.05, 0.1) is 17.4 Å². The van der Waals surface area contributed by atoms with Crippen molar-refractivity contribution >= 4 is 28.1 Å². The normalized spacial score (nSPS) is 21.9. The molecule has 4 heteroatoms. The van der Waals surface area contributed by atoms with Gasteiger partial charge >= 0.3 is 0 Å². The van der Waals surface area contributed by atoms with Crippen LogP contribution in [0.3, 0.4) is 0 Å². The summed E-state index contributed by atoms with van der Waals surface area (Å²) < 4.78 is 0. The maximum absolute atomic E-state index is 12.2. The molecule has 0 bridgehead atoms. The molecule has 1 fully saturated rings. The van der Waals surface area contributed by atoms with Crippen LogP contribution in [0.1, 0.15) is 6.42 Å². The summed E-state index contributed by atoms with van der Waals surface area (Å²) >= 11 is 0. The van der Waals surface area contributed by atoms with Crippen molar-refractivity contribution in [2.75, 3.05) is 29.9 Å². The Bertz CT molecular complexity index is 682. The first-order valence-electron chi connectivity index (χ1n) is 7.12. The lowest BCUT2D eigenvalue weighted by Crippen LogP contribution is -2.51. The number of piperazine rings is 1. The molecule has 2 N–H and O–H groups in total. The third-order valence-electron chi connectivity index (χ3n) is 4.25. The summed E-state index contributed by atoms with van der Waals surface area (Å²) in [4.78, 5) is 14.6. The SMILES string of the molecule is O=C1CC2CNCCN2c2ccc3ccccc3c2N1. The Labute approximate surface area is 117 Å². The van der Waals surface area contributed by atoms with Gasteiger partial charge in [0.2, 0.25) is 5.91 Å². The Balaban J connectivity index is 1.94. The Morgan fingerprint density at radius 2 is 2.05 bits per heavy atom. The van der Waals surface area contributed by atoms with Crippen LogP contribution in [0.15, 0.2) is 36.4 Å². The number of fused-ring (bicyclic) bond motifs is 5. The van der Waals surface area contributed by atoms with Crippen LogP contribution >= 0.6 is 0 Å². The molecule has 1 saturated heterocycles. The highest BCUT2D eigenvalue weighted by Gasteiger charge is 2.30. The standard InChI is InChI=1S/C16H17N3O/c20-15-9-12-10-17-7-8-19(12)14-6-5-11-3-1-2-4-13(11)16(14)18-15/h1-6,12,17H,7-10H2,(H,18,20). The molecule has 1 atom stereocenters. The van der Waals surface area contributed by atoms with Crippen molar-refractivity contribution in [3.63, 3.8) is 0 Å². The molecule has 0 spiro atoms. The van der Waals surface area contributed by atoms with Crippen LogP contribution in [0.4, 0.5) is 11.4 Å². The van der Waals surface area contributed by atoms with Gasteiger partial charge in [0.15, 0.2) is 0 Å². The number of carbonyl (C=O) groups is 1. The van der Waals surface area contributed by atoms with Crippen LogP contribution in [0.5, 0.6) is 0 Å². The second kappa shape index (κ2) is 4.49. The number of rotatable bonds is 0. The van der Waals surface area contributed by atoms with Gasteiger partial charge in [-0.25, -0.2) is 0 Å². The summed E-state index contributed by atoms with van der Waals surface area (Å²) in [6, 6.07) is 12.8. The van der Waals surface area contributed by atoms with E-state index in [2.05, 4.69) is 39.8 Å². The fourth-order valence-electron chi connectivity index (χ4n) is 3.30. The van der Waals surface area contributed by atoms with E-state index in [9.17, 15) is 4.79 Å². The Morgan fingerprint density at radius 1 is 1.15 bits per heavy atom. The smallest absolute Gasteiger partial charge is 0.226 e. The number of benzene rings is 2. The second-order valence-corrected chi connectivity index (χ2v) is 5.48. The summed E-state index contributed by atoms with van der Waals surface area (Å²) in [6.45, 7) is 2.79. The van der Waals surface area contributed by atoms with Gasteiger partial charge in [-0.2, -0.15) is 0 Å². The first-order chi connectivity index (χ1) is 9.83. The molecule has 2 aliphatic rings. The topological polar surface area (TPSA) is 44.4 Å². The van der Waals surface area contributed by atoms with Crippen LogP contribution < -0.4 is 15.5 Å². The predicted octanol–water partition coefficient (Wildman–Crippen LogP) is 1.96. The first-order valence-corrected chi connectivity index (χ1v) is 7.12. The van der Waals surface area contributed by atoms with E-state index in [1.165, 1.54) is 5.39 Å². The highest BCUT2D eigenvalue weighted by molar-refractivity contribution is 6.08. The van der Waals surface area contributed by atoms with E-state index in [0.29, 0.717) is 6.42 Å². The zero-order chi connectivity index (χ0) is 13.5. The third-order valence-corrected chi connectivity index (χ3v) is 4.25. The Hall–Kier alpha value is -2.07.